The summed E-state index contributed by atoms with van der Waals surface area (Å²) in [7, 11) is 3.67. The SMILES string of the molecule is Cc1cccnc1C(=O)N[C@@H]1C[C@@H](Oc2cccc(F)c2)[C@H](O)[C@H]1N(C)C. The predicted molar refractivity (Wildman–Crippen MR) is 99.1 cm³/mol. The van der Waals surface area contributed by atoms with Gasteiger partial charge in [0.1, 0.15) is 29.5 Å². The Morgan fingerprint density at radius 2 is 2.11 bits per heavy atom. The summed E-state index contributed by atoms with van der Waals surface area (Å²) in [4.78, 5) is 18.6. The number of halogens is 1. The number of aliphatic hydroxyl groups is 1. The van der Waals surface area contributed by atoms with E-state index in [4.69, 9.17) is 4.74 Å². The van der Waals surface area contributed by atoms with Gasteiger partial charge in [0.15, 0.2) is 0 Å². The van der Waals surface area contributed by atoms with Gasteiger partial charge in [0.2, 0.25) is 0 Å². The molecule has 1 aromatic heterocycles. The lowest BCUT2D eigenvalue weighted by molar-refractivity contribution is 0.0209. The van der Waals surface area contributed by atoms with Gasteiger partial charge in [-0.15, -0.1) is 0 Å². The highest BCUT2D eigenvalue weighted by Crippen LogP contribution is 2.29. The average molecular weight is 373 g/mol. The van der Waals surface area contributed by atoms with E-state index in [1.807, 2.05) is 32.0 Å². The van der Waals surface area contributed by atoms with Gasteiger partial charge in [0, 0.05) is 18.7 Å². The maximum atomic E-state index is 13.4. The number of hydrogen-bond acceptors (Lipinski definition) is 5. The fourth-order valence-electron chi connectivity index (χ4n) is 3.59. The van der Waals surface area contributed by atoms with Gasteiger partial charge in [-0.25, -0.2) is 4.39 Å². The Morgan fingerprint density at radius 1 is 1.33 bits per heavy atom. The van der Waals surface area contributed by atoms with Crippen LogP contribution in [0.2, 0.25) is 0 Å². The normalized spacial score (nSPS) is 24.8. The van der Waals surface area contributed by atoms with Crippen LogP contribution in [-0.4, -0.2) is 59.3 Å². The molecule has 2 aromatic rings. The van der Waals surface area contributed by atoms with Gasteiger partial charge in [-0.3, -0.25) is 9.78 Å². The van der Waals surface area contributed by atoms with Crippen LogP contribution in [0.1, 0.15) is 22.5 Å². The monoisotopic (exact) mass is 373 g/mol. The van der Waals surface area contributed by atoms with E-state index in [1.165, 1.54) is 12.1 Å². The molecule has 1 aliphatic rings. The molecule has 0 spiro atoms. The van der Waals surface area contributed by atoms with Crippen molar-refractivity contribution in [2.45, 2.75) is 37.6 Å². The van der Waals surface area contributed by atoms with Crippen LogP contribution >= 0.6 is 0 Å². The summed E-state index contributed by atoms with van der Waals surface area (Å²) in [6.45, 7) is 1.82. The molecule has 4 atom stereocenters. The molecule has 1 aromatic carbocycles. The molecule has 0 bridgehead atoms. The van der Waals surface area contributed by atoms with Crippen LogP contribution in [0.15, 0.2) is 42.6 Å². The highest BCUT2D eigenvalue weighted by atomic mass is 19.1. The van der Waals surface area contributed by atoms with Crippen molar-refractivity contribution in [1.29, 1.82) is 0 Å². The molecule has 144 valence electrons. The summed E-state index contributed by atoms with van der Waals surface area (Å²) in [6.07, 6.45) is 0.579. The molecule has 1 amide bonds. The molecule has 0 unspecified atom stereocenters. The lowest BCUT2D eigenvalue weighted by Crippen LogP contribution is -2.51. The van der Waals surface area contributed by atoms with E-state index in [-0.39, 0.29) is 18.0 Å². The molecule has 7 heteroatoms. The molecule has 0 radical (unpaired) electrons. The van der Waals surface area contributed by atoms with Gasteiger partial charge in [-0.1, -0.05) is 12.1 Å². The third-order valence-electron chi connectivity index (χ3n) is 4.85. The van der Waals surface area contributed by atoms with Crippen LogP contribution in [0.25, 0.3) is 0 Å². The molecule has 1 saturated carbocycles. The fourth-order valence-corrected chi connectivity index (χ4v) is 3.59. The minimum absolute atomic E-state index is 0.288. The Hall–Kier alpha value is -2.51. The van der Waals surface area contributed by atoms with E-state index in [0.717, 1.165) is 5.56 Å². The van der Waals surface area contributed by atoms with Crippen LogP contribution in [0, 0.1) is 12.7 Å². The van der Waals surface area contributed by atoms with E-state index in [2.05, 4.69) is 10.3 Å². The van der Waals surface area contributed by atoms with Gasteiger partial charge >= 0.3 is 0 Å². The number of likely N-dealkylation sites (N-methyl/N-ethyl adjacent to an activating group) is 1. The molecule has 1 fully saturated rings. The Balaban J connectivity index is 1.76. The number of aliphatic hydroxyl groups excluding tert-OH is 1. The van der Waals surface area contributed by atoms with Gasteiger partial charge in [0.05, 0.1) is 12.1 Å². The van der Waals surface area contributed by atoms with E-state index in [9.17, 15) is 14.3 Å². The van der Waals surface area contributed by atoms with Crippen molar-refractivity contribution in [3.05, 3.63) is 59.7 Å². The number of aryl methyl sites for hydroxylation is 1. The summed E-state index contributed by atoms with van der Waals surface area (Å²) >= 11 is 0. The van der Waals surface area contributed by atoms with Crippen molar-refractivity contribution >= 4 is 5.91 Å². The van der Waals surface area contributed by atoms with E-state index >= 15 is 0 Å². The number of pyridine rings is 1. The molecule has 27 heavy (non-hydrogen) atoms. The molecule has 3 rings (SSSR count). The second kappa shape index (κ2) is 8.02. The molecule has 1 heterocycles. The van der Waals surface area contributed by atoms with Gasteiger partial charge in [0.25, 0.3) is 5.91 Å². The van der Waals surface area contributed by atoms with Crippen molar-refractivity contribution in [2.24, 2.45) is 0 Å². The second-order valence-electron chi connectivity index (χ2n) is 7.04. The minimum atomic E-state index is -0.835. The largest absolute Gasteiger partial charge is 0.487 e. The first-order valence-corrected chi connectivity index (χ1v) is 8.86. The molecule has 0 aliphatic heterocycles. The first-order chi connectivity index (χ1) is 12.9. The lowest BCUT2D eigenvalue weighted by Gasteiger charge is -2.29. The maximum absolute atomic E-state index is 13.4. The highest BCUT2D eigenvalue weighted by Gasteiger charge is 2.46. The lowest BCUT2D eigenvalue weighted by atomic mass is 10.1. The number of carbonyl (C=O) groups is 1. The summed E-state index contributed by atoms with van der Waals surface area (Å²) in [5.41, 5.74) is 1.14. The van der Waals surface area contributed by atoms with Crippen LogP contribution in [0.5, 0.6) is 5.75 Å². The van der Waals surface area contributed by atoms with Crippen molar-refractivity contribution in [3.8, 4) is 5.75 Å². The molecular weight excluding hydrogens is 349 g/mol. The Morgan fingerprint density at radius 3 is 2.78 bits per heavy atom. The first kappa shape index (κ1) is 19.3. The second-order valence-corrected chi connectivity index (χ2v) is 7.04. The predicted octanol–water partition coefficient (Wildman–Crippen LogP) is 1.77. The topological polar surface area (TPSA) is 74.7 Å². The van der Waals surface area contributed by atoms with Gasteiger partial charge in [-0.2, -0.15) is 0 Å². The number of hydrogen-bond donors (Lipinski definition) is 2. The van der Waals surface area contributed by atoms with Crippen LogP contribution < -0.4 is 10.1 Å². The summed E-state index contributed by atoms with van der Waals surface area (Å²) in [5, 5.41) is 13.7. The molecule has 2 N–H and O–H groups in total. The van der Waals surface area contributed by atoms with Gasteiger partial charge in [-0.05, 0) is 44.8 Å². The number of amides is 1. The molecule has 1 aliphatic carbocycles. The third-order valence-corrected chi connectivity index (χ3v) is 4.85. The van der Waals surface area contributed by atoms with Crippen LogP contribution in [0.4, 0.5) is 4.39 Å². The van der Waals surface area contributed by atoms with Crippen molar-refractivity contribution in [1.82, 2.24) is 15.2 Å². The number of nitrogens with zero attached hydrogens (tertiary/aromatic N) is 2. The number of nitrogens with one attached hydrogen (secondary N) is 1. The minimum Gasteiger partial charge on any atom is -0.487 e. The maximum Gasteiger partial charge on any atom is 0.270 e. The fraction of sp³-hybridized carbons (Fsp3) is 0.400. The number of benzene rings is 1. The number of aromatic nitrogens is 1. The standard InChI is InChI=1S/C20H24FN3O3/c1-12-6-5-9-22-17(12)20(26)23-15-11-16(19(25)18(15)24(2)3)27-14-8-4-7-13(21)10-14/h4-10,15-16,18-19,25H,11H2,1-3H3,(H,23,26)/t15-,16-,18+,19+/m1/s1. The summed E-state index contributed by atoms with van der Waals surface area (Å²) < 4.78 is 19.2. The van der Waals surface area contributed by atoms with E-state index in [0.29, 0.717) is 17.9 Å². The van der Waals surface area contributed by atoms with E-state index < -0.39 is 18.0 Å². The quantitative estimate of drug-likeness (QED) is 0.836. The van der Waals surface area contributed by atoms with Crippen molar-refractivity contribution in [3.63, 3.8) is 0 Å². The Bertz CT molecular complexity index is 815. The Labute approximate surface area is 158 Å². The molecule has 6 nitrogen and oxygen atoms in total. The van der Waals surface area contributed by atoms with Crippen molar-refractivity contribution in [2.75, 3.05) is 14.1 Å². The van der Waals surface area contributed by atoms with Crippen molar-refractivity contribution < 1.29 is 19.0 Å². The average Bonchev–Trinajstić information content (AvgIpc) is 2.90. The third kappa shape index (κ3) is 4.26. The first-order valence-electron chi connectivity index (χ1n) is 8.86. The number of rotatable bonds is 5. The number of carbonyl (C=O) groups excluding carboxylic acids is 1. The highest BCUT2D eigenvalue weighted by molar-refractivity contribution is 5.93. The smallest absolute Gasteiger partial charge is 0.270 e. The molecular formula is C20H24FN3O3. The van der Waals surface area contributed by atoms with Crippen LogP contribution in [-0.2, 0) is 0 Å². The van der Waals surface area contributed by atoms with Gasteiger partial charge < -0.3 is 20.1 Å². The summed E-state index contributed by atoms with van der Waals surface area (Å²) in [5.74, 6) is -0.340. The zero-order valence-corrected chi connectivity index (χ0v) is 15.6. The van der Waals surface area contributed by atoms with E-state index in [1.54, 1.807) is 24.4 Å². The molecule has 0 saturated heterocycles. The number of ether oxygens (including phenoxy) is 1. The Kier molecular flexibility index (Phi) is 5.72. The summed E-state index contributed by atoms with van der Waals surface area (Å²) in [6, 6.07) is 8.74. The zero-order chi connectivity index (χ0) is 19.6. The van der Waals surface area contributed by atoms with Crippen LogP contribution in [0.3, 0.4) is 0 Å². The zero-order valence-electron chi connectivity index (χ0n) is 15.6.